The van der Waals surface area contributed by atoms with Crippen LogP contribution in [0.25, 0.3) is 11.0 Å². The first-order valence-electron chi connectivity index (χ1n) is 7.80. The van der Waals surface area contributed by atoms with Crippen LogP contribution in [0, 0.1) is 6.92 Å². The summed E-state index contributed by atoms with van der Waals surface area (Å²) in [6.45, 7) is 4.02. The number of hydrogen-bond acceptors (Lipinski definition) is 4. The largest absolute Gasteiger partial charge is 0.464 e. The second-order valence-corrected chi connectivity index (χ2v) is 6.20. The van der Waals surface area contributed by atoms with E-state index >= 15 is 0 Å². The van der Waals surface area contributed by atoms with Gasteiger partial charge in [0.1, 0.15) is 12.2 Å². The number of cyclic esters (lactones) is 1. The number of piperazine rings is 1. The molecule has 3 heterocycles. The van der Waals surface area contributed by atoms with E-state index in [0.29, 0.717) is 32.7 Å². The summed E-state index contributed by atoms with van der Waals surface area (Å²) in [6.07, 6.45) is 1.72. The lowest BCUT2D eigenvalue weighted by atomic mass is 10.1. The van der Waals surface area contributed by atoms with Crippen molar-refractivity contribution in [2.45, 2.75) is 19.4 Å². The molecule has 6 nitrogen and oxygen atoms in total. The Labute approximate surface area is 133 Å². The second kappa shape index (κ2) is 5.30. The molecule has 0 radical (unpaired) electrons. The fourth-order valence-electron chi connectivity index (χ4n) is 3.32. The average Bonchev–Trinajstić information content (AvgIpc) is 3.11. The number of amides is 2. The Morgan fingerprint density at radius 2 is 2.22 bits per heavy atom. The third-order valence-corrected chi connectivity index (χ3v) is 4.62. The van der Waals surface area contributed by atoms with Crippen LogP contribution in [0.2, 0.25) is 0 Å². The number of carbonyl (C=O) groups excluding carboxylic acids is 2. The molecule has 2 aliphatic heterocycles. The summed E-state index contributed by atoms with van der Waals surface area (Å²) in [5.41, 5.74) is 2.85. The van der Waals surface area contributed by atoms with Crippen molar-refractivity contribution in [1.82, 2.24) is 9.80 Å². The third kappa shape index (κ3) is 2.44. The van der Waals surface area contributed by atoms with Gasteiger partial charge in [-0.2, -0.15) is 0 Å². The normalized spacial score (nSPS) is 20.7. The van der Waals surface area contributed by atoms with Crippen LogP contribution in [0.5, 0.6) is 0 Å². The molecule has 0 N–H and O–H groups in total. The van der Waals surface area contributed by atoms with Crippen LogP contribution in [0.15, 0.2) is 28.9 Å². The highest BCUT2D eigenvalue weighted by Gasteiger charge is 2.38. The predicted octanol–water partition coefficient (Wildman–Crippen LogP) is 1.95. The molecule has 1 unspecified atom stereocenters. The lowest BCUT2D eigenvalue weighted by Crippen LogP contribution is -2.54. The van der Waals surface area contributed by atoms with Crippen molar-refractivity contribution in [3.63, 3.8) is 0 Å². The van der Waals surface area contributed by atoms with Crippen molar-refractivity contribution in [3.8, 4) is 0 Å². The van der Waals surface area contributed by atoms with Gasteiger partial charge in [0.15, 0.2) is 0 Å². The van der Waals surface area contributed by atoms with Crippen molar-refractivity contribution in [2.24, 2.45) is 0 Å². The van der Waals surface area contributed by atoms with Crippen LogP contribution in [-0.2, 0) is 16.0 Å². The zero-order valence-corrected chi connectivity index (χ0v) is 12.9. The fraction of sp³-hybridized carbons (Fsp3) is 0.412. The molecule has 2 fully saturated rings. The monoisotopic (exact) mass is 314 g/mol. The highest BCUT2D eigenvalue weighted by Crippen LogP contribution is 2.24. The van der Waals surface area contributed by atoms with Crippen LogP contribution in [0.1, 0.15) is 11.1 Å². The number of hydrogen-bond donors (Lipinski definition) is 0. The Kier molecular flexibility index (Phi) is 3.25. The quantitative estimate of drug-likeness (QED) is 0.850. The molecule has 2 saturated heterocycles. The number of ether oxygens (including phenoxy) is 1. The standard InChI is InChI=1S/C17H18N2O4/c1-11-2-3-14-12(9-22-15(14)6-11)7-16(20)18-4-5-19-13(8-18)10-23-17(19)21/h2-3,6,9,13H,4-5,7-8,10H2,1H3. The minimum Gasteiger partial charge on any atom is -0.464 e. The van der Waals surface area contributed by atoms with Crippen molar-refractivity contribution < 1.29 is 18.7 Å². The van der Waals surface area contributed by atoms with Gasteiger partial charge in [-0.25, -0.2) is 4.79 Å². The molecule has 2 aromatic rings. The van der Waals surface area contributed by atoms with E-state index in [1.807, 2.05) is 30.0 Å². The van der Waals surface area contributed by atoms with Gasteiger partial charge in [-0.3, -0.25) is 9.69 Å². The summed E-state index contributed by atoms with van der Waals surface area (Å²) in [4.78, 5) is 27.6. The van der Waals surface area contributed by atoms with Crippen LogP contribution >= 0.6 is 0 Å². The third-order valence-electron chi connectivity index (χ3n) is 4.62. The lowest BCUT2D eigenvalue weighted by molar-refractivity contribution is -0.132. The van der Waals surface area contributed by atoms with Gasteiger partial charge >= 0.3 is 6.09 Å². The molecule has 0 bridgehead atoms. The Balaban J connectivity index is 1.48. The fourth-order valence-corrected chi connectivity index (χ4v) is 3.32. The van der Waals surface area contributed by atoms with Gasteiger partial charge in [0.2, 0.25) is 5.91 Å². The Morgan fingerprint density at radius 1 is 1.35 bits per heavy atom. The number of furan rings is 1. The molecule has 6 heteroatoms. The van der Waals surface area contributed by atoms with E-state index in [4.69, 9.17) is 9.15 Å². The Hall–Kier alpha value is -2.50. The van der Waals surface area contributed by atoms with Crippen molar-refractivity contribution in [3.05, 3.63) is 35.6 Å². The molecule has 2 amide bonds. The molecule has 1 aromatic heterocycles. The number of carbonyl (C=O) groups is 2. The van der Waals surface area contributed by atoms with E-state index < -0.39 is 0 Å². The molecular weight excluding hydrogens is 296 g/mol. The predicted molar refractivity (Wildman–Crippen MR) is 83.1 cm³/mol. The number of fused-ring (bicyclic) bond motifs is 2. The Bertz CT molecular complexity index is 782. The van der Waals surface area contributed by atoms with Gasteiger partial charge in [-0.05, 0) is 18.6 Å². The van der Waals surface area contributed by atoms with Gasteiger partial charge in [-0.1, -0.05) is 12.1 Å². The minimum absolute atomic E-state index is 0.0102. The molecule has 1 aromatic carbocycles. The summed E-state index contributed by atoms with van der Waals surface area (Å²) in [5, 5.41) is 0.988. The highest BCUT2D eigenvalue weighted by atomic mass is 16.6. The molecule has 0 saturated carbocycles. The first-order valence-corrected chi connectivity index (χ1v) is 7.80. The number of aryl methyl sites for hydroxylation is 1. The minimum atomic E-state index is -0.265. The van der Waals surface area contributed by atoms with Gasteiger partial charge in [0.25, 0.3) is 0 Å². The maximum Gasteiger partial charge on any atom is 0.410 e. The smallest absolute Gasteiger partial charge is 0.410 e. The molecule has 0 spiro atoms. The van der Waals surface area contributed by atoms with Gasteiger partial charge in [-0.15, -0.1) is 0 Å². The molecule has 0 aliphatic carbocycles. The maximum absolute atomic E-state index is 12.6. The number of nitrogens with zero attached hydrogens (tertiary/aromatic N) is 2. The van der Waals surface area contributed by atoms with Crippen LogP contribution in [0.4, 0.5) is 4.79 Å². The van der Waals surface area contributed by atoms with Gasteiger partial charge in [0, 0.05) is 30.6 Å². The highest BCUT2D eigenvalue weighted by molar-refractivity contribution is 5.88. The zero-order chi connectivity index (χ0) is 16.0. The van der Waals surface area contributed by atoms with E-state index in [0.717, 1.165) is 22.1 Å². The maximum atomic E-state index is 12.6. The van der Waals surface area contributed by atoms with Crippen LogP contribution < -0.4 is 0 Å². The molecule has 120 valence electrons. The van der Waals surface area contributed by atoms with Crippen molar-refractivity contribution in [2.75, 3.05) is 26.2 Å². The van der Waals surface area contributed by atoms with E-state index in [9.17, 15) is 9.59 Å². The lowest BCUT2D eigenvalue weighted by Gasteiger charge is -2.35. The average molecular weight is 314 g/mol. The van der Waals surface area contributed by atoms with Crippen molar-refractivity contribution in [1.29, 1.82) is 0 Å². The van der Waals surface area contributed by atoms with Crippen LogP contribution in [-0.4, -0.2) is 54.1 Å². The summed E-state index contributed by atoms with van der Waals surface area (Å²) >= 11 is 0. The molecule has 1 atom stereocenters. The molecular formula is C17H18N2O4. The molecule has 4 rings (SSSR count). The van der Waals surface area contributed by atoms with Gasteiger partial charge < -0.3 is 14.1 Å². The summed E-state index contributed by atoms with van der Waals surface area (Å²) in [5.74, 6) is 0.0623. The van der Waals surface area contributed by atoms with E-state index in [2.05, 4.69) is 0 Å². The van der Waals surface area contributed by atoms with Gasteiger partial charge in [0.05, 0.1) is 18.7 Å². The molecule has 2 aliphatic rings. The summed E-state index contributed by atoms with van der Waals surface area (Å²) < 4.78 is 10.6. The number of benzene rings is 1. The van der Waals surface area contributed by atoms with E-state index in [-0.39, 0.29) is 18.0 Å². The SMILES string of the molecule is Cc1ccc2c(CC(=O)N3CCN4C(=O)OCC4C3)coc2c1. The second-order valence-electron chi connectivity index (χ2n) is 6.20. The first kappa shape index (κ1) is 14.1. The zero-order valence-electron chi connectivity index (χ0n) is 12.9. The van der Waals surface area contributed by atoms with E-state index in [1.165, 1.54) is 0 Å². The summed E-state index contributed by atoms with van der Waals surface area (Å²) in [6, 6.07) is 5.98. The Morgan fingerprint density at radius 3 is 3.09 bits per heavy atom. The first-order chi connectivity index (χ1) is 11.1. The molecule has 23 heavy (non-hydrogen) atoms. The topological polar surface area (TPSA) is 63.0 Å². The van der Waals surface area contributed by atoms with E-state index in [1.54, 1.807) is 11.2 Å². The summed E-state index contributed by atoms with van der Waals surface area (Å²) in [7, 11) is 0. The van der Waals surface area contributed by atoms with Crippen molar-refractivity contribution >= 4 is 23.0 Å². The van der Waals surface area contributed by atoms with Crippen LogP contribution in [0.3, 0.4) is 0 Å². The number of rotatable bonds is 2.